The van der Waals surface area contributed by atoms with Crippen LogP contribution >= 0.6 is 11.6 Å². The summed E-state index contributed by atoms with van der Waals surface area (Å²) in [6.45, 7) is 4.80. The van der Waals surface area contributed by atoms with Crippen molar-refractivity contribution in [3.05, 3.63) is 81.3 Å². The molecule has 28 heavy (non-hydrogen) atoms. The fourth-order valence-corrected chi connectivity index (χ4v) is 3.63. The molecule has 0 saturated heterocycles. The summed E-state index contributed by atoms with van der Waals surface area (Å²) in [5, 5.41) is 13.3. The predicted molar refractivity (Wildman–Crippen MR) is 105 cm³/mol. The SMILES string of the molecule is Cc1c(CNCCc2ccco2)c(C(=O)O)c(C)n1Cc1c(F)cccc1Cl. The Balaban J connectivity index is 1.83. The third-order valence-corrected chi connectivity index (χ3v) is 5.29. The van der Waals surface area contributed by atoms with Gasteiger partial charge in [-0.2, -0.15) is 0 Å². The molecule has 0 radical (unpaired) electrons. The van der Waals surface area contributed by atoms with Crippen LogP contribution in [0.5, 0.6) is 0 Å². The van der Waals surface area contributed by atoms with Crippen molar-refractivity contribution in [2.24, 2.45) is 0 Å². The highest BCUT2D eigenvalue weighted by Crippen LogP contribution is 2.27. The normalized spacial score (nSPS) is 11.1. The Morgan fingerprint density at radius 1 is 1.21 bits per heavy atom. The Morgan fingerprint density at radius 2 is 2.00 bits per heavy atom. The van der Waals surface area contributed by atoms with E-state index in [1.54, 1.807) is 29.9 Å². The molecule has 1 aromatic carbocycles. The molecule has 0 unspecified atom stereocenters. The molecule has 0 saturated carbocycles. The summed E-state index contributed by atoms with van der Waals surface area (Å²) >= 11 is 6.15. The van der Waals surface area contributed by atoms with Gasteiger partial charge in [-0.1, -0.05) is 17.7 Å². The van der Waals surface area contributed by atoms with Gasteiger partial charge in [0.05, 0.1) is 18.4 Å². The van der Waals surface area contributed by atoms with E-state index in [9.17, 15) is 14.3 Å². The zero-order valence-electron chi connectivity index (χ0n) is 15.8. The summed E-state index contributed by atoms with van der Waals surface area (Å²) in [6, 6.07) is 8.26. The molecule has 0 aliphatic rings. The number of carboxylic acids is 1. The standard InChI is InChI=1S/C21H22ClFN2O3/c1-13-16(11-24-9-8-15-5-4-10-28-15)20(21(26)27)14(2)25(13)12-17-18(22)6-3-7-19(17)23/h3-7,10,24H,8-9,11-12H2,1-2H3,(H,26,27). The van der Waals surface area contributed by atoms with Gasteiger partial charge >= 0.3 is 5.97 Å². The quantitative estimate of drug-likeness (QED) is 0.540. The van der Waals surface area contributed by atoms with Crippen molar-refractivity contribution in [1.29, 1.82) is 0 Å². The van der Waals surface area contributed by atoms with Crippen LogP contribution in [0.15, 0.2) is 41.0 Å². The lowest BCUT2D eigenvalue weighted by atomic mass is 10.1. The lowest BCUT2D eigenvalue weighted by Crippen LogP contribution is -2.18. The van der Waals surface area contributed by atoms with Crippen molar-refractivity contribution in [3.63, 3.8) is 0 Å². The van der Waals surface area contributed by atoms with E-state index in [0.29, 0.717) is 41.4 Å². The fraction of sp³-hybridized carbons (Fsp3) is 0.286. The van der Waals surface area contributed by atoms with E-state index in [1.807, 2.05) is 19.1 Å². The number of carboxylic acid groups (broad SMARTS) is 1. The summed E-state index contributed by atoms with van der Waals surface area (Å²) < 4.78 is 21.3. The number of nitrogens with one attached hydrogen (secondary N) is 1. The Morgan fingerprint density at radius 3 is 2.64 bits per heavy atom. The average Bonchev–Trinajstić information content (AvgIpc) is 3.23. The highest BCUT2D eigenvalue weighted by molar-refractivity contribution is 6.31. The zero-order valence-corrected chi connectivity index (χ0v) is 16.5. The van der Waals surface area contributed by atoms with Crippen molar-refractivity contribution in [2.75, 3.05) is 6.54 Å². The first kappa shape index (κ1) is 20.2. The van der Waals surface area contributed by atoms with E-state index in [-0.39, 0.29) is 12.1 Å². The topological polar surface area (TPSA) is 67.4 Å². The lowest BCUT2D eigenvalue weighted by molar-refractivity contribution is 0.0694. The van der Waals surface area contributed by atoms with Gasteiger partial charge in [-0.05, 0) is 38.1 Å². The number of halogens is 2. The molecule has 148 valence electrons. The molecule has 0 amide bonds. The summed E-state index contributed by atoms with van der Waals surface area (Å²) in [4.78, 5) is 11.9. The van der Waals surface area contributed by atoms with Crippen molar-refractivity contribution in [2.45, 2.75) is 33.4 Å². The molecule has 3 aromatic rings. The van der Waals surface area contributed by atoms with Crippen LogP contribution in [0.1, 0.15) is 38.6 Å². The van der Waals surface area contributed by atoms with Crippen LogP contribution in [0.3, 0.4) is 0 Å². The van der Waals surface area contributed by atoms with Crippen LogP contribution in [0, 0.1) is 19.7 Å². The van der Waals surface area contributed by atoms with Gasteiger partial charge in [-0.15, -0.1) is 0 Å². The molecule has 2 heterocycles. The Hall–Kier alpha value is -2.57. The second-order valence-corrected chi connectivity index (χ2v) is 7.03. The zero-order chi connectivity index (χ0) is 20.3. The number of hydrogen-bond acceptors (Lipinski definition) is 3. The third-order valence-electron chi connectivity index (χ3n) is 4.93. The number of rotatable bonds is 8. The van der Waals surface area contributed by atoms with E-state index in [4.69, 9.17) is 16.0 Å². The first-order valence-electron chi connectivity index (χ1n) is 8.98. The molecule has 0 aliphatic carbocycles. The first-order chi connectivity index (χ1) is 13.4. The molecule has 0 fully saturated rings. The number of furan rings is 1. The van der Waals surface area contributed by atoms with Crippen molar-refractivity contribution >= 4 is 17.6 Å². The molecule has 3 rings (SSSR count). The lowest BCUT2D eigenvalue weighted by Gasteiger charge is -2.12. The average molecular weight is 405 g/mol. The number of hydrogen-bond donors (Lipinski definition) is 2. The summed E-state index contributed by atoms with van der Waals surface area (Å²) in [5.74, 6) is -0.539. The van der Waals surface area contributed by atoms with Crippen LogP contribution in [0.4, 0.5) is 4.39 Å². The van der Waals surface area contributed by atoms with E-state index in [0.717, 1.165) is 11.5 Å². The van der Waals surface area contributed by atoms with Gasteiger partial charge in [0.25, 0.3) is 0 Å². The maximum atomic E-state index is 14.2. The second kappa shape index (κ2) is 8.63. The minimum Gasteiger partial charge on any atom is -0.478 e. The van der Waals surface area contributed by atoms with Crippen LogP contribution < -0.4 is 5.32 Å². The molecule has 0 spiro atoms. The number of aromatic carboxylic acids is 1. The Bertz CT molecular complexity index is 960. The van der Waals surface area contributed by atoms with Crippen LogP contribution in [0.25, 0.3) is 0 Å². The fourth-order valence-electron chi connectivity index (χ4n) is 3.41. The molecule has 2 aromatic heterocycles. The Labute approximate surface area is 167 Å². The van der Waals surface area contributed by atoms with Crippen LogP contribution in [-0.2, 0) is 19.5 Å². The Kier molecular flexibility index (Phi) is 6.21. The molecule has 2 N–H and O–H groups in total. The van der Waals surface area contributed by atoms with Crippen molar-refractivity contribution < 1.29 is 18.7 Å². The van der Waals surface area contributed by atoms with Crippen LogP contribution in [-0.4, -0.2) is 22.2 Å². The maximum absolute atomic E-state index is 14.2. The molecule has 0 aliphatic heterocycles. The van der Waals surface area contributed by atoms with Gasteiger partial charge in [-0.3, -0.25) is 0 Å². The minimum absolute atomic E-state index is 0.176. The predicted octanol–water partition coefficient (Wildman–Crippen LogP) is 4.57. The number of nitrogens with zero attached hydrogens (tertiary/aromatic N) is 1. The summed E-state index contributed by atoms with van der Waals surface area (Å²) in [6.07, 6.45) is 2.33. The first-order valence-corrected chi connectivity index (χ1v) is 9.35. The summed E-state index contributed by atoms with van der Waals surface area (Å²) in [7, 11) is 0. The number of carbonyl (C=O) groups is 1. The van der Waals surface area contributed by atoms with Gasteiger partial charge in [0.15, 0.2) is 0 Å². The third kappa shape index (κ3) is 4.13. The molecular weight excluding hydrogens is 383 g/mol. The van der Waals surface area contributed by atoms with Crippen LogP contribution in [0.2, 0.25) is 5.02 Å². The van der Waals surface area contributed by atoms with Gasteiger partial charge in [0, 0.05) is 47.0 Å². The largest absolute Gasteiger partial charge is 0.478 e. The number of benzene rings is 1. The molecule has 0 atom stereocenters. The summed E-state index contributed by atoms with van der Waals surface area (Å²) in [5.41, 5.74) is 2.64. The van der Waals surface area contributed by atoms with E-state index >= 15 is 0 Å². The van der Waals surface area contributed by atoms with Gasteiger partial charge < -0.3 is 19.4 Å². The van der Waals surface area contributed by atoms with Crippen molar-refractivity contribution in [3.8, 4) is 0 Å². The molecule has 5 nitrogen and oxygen atoms in total. The molecule has 0 bridgehead atoms. The van der Waals surface area contributed by atoms with E-state index in [2.05, 4.69) is 5.32 Å². The highest BCUT2D eigenvalue weighted by atomic mass is 35.5. The highest BCUT2D eigenvalue weighted by Gasteiger charge is 2.23. The monoisotopic (exact) mass is 404 g/mol. The molecular formula is C21H22ClFN2O3. The second-order valence-electron chi connectivity index (χ2n) is 6.62. The number of aromatic nitrogens is 1. The van der Waals surface area contributed by atoms with E-state index < -0.39 is 11.8 Å². The van der Waals surface area contributed by atoms with E-state index in [1.165, 1.54) is 6.07 Å². The molecule has 7 heteroatoms. The van der Waals surface area contributed by atoms with Gasteiger partial charge in [0.2, 0.25) is 0 Å². The smallest absolute Gasteiger partial charge is 0.337 e. The van der Waals surface area contributed by atoms with Crippen molar-refractivity contribution in [1.82, 2.24) is 9.88 Å². The van der Waals surface area contributed by atoms with Gasteiger partial charge in [-0.25, -0.2) is 9.18 Å². The minimum atomic E-state index is -0.998. The maximum Gasteiger partial charge on any atom is 0.337 e. The van der Waals surface area contributed by atoms with Gasteiger partial charge in [0.1, 0.15) is 11.6 Å².